The molecule has 0 saturated heterocycles. The number of esters is 1. The summed E-state index contributed by atoms with van der Waals surface area (Å²) in [5.74, 6) is -0.356. The van der Waals surface area contributed by atoms with Crippen LogP contribution in [0.3, 0.4) is 0 Å². The van der Waals surface area contributed by atoms with E-state index in [1.807, 2.05) is 11.1 Å². The van der Waals surface area contributed by atoms with Crippen molar-refractivity contribution in [3.63, 3.8) is 0 Å². The van der Waals surface area contributed by atoms with Gasteiger partial charge in [-0.05, 0) is 44.2 Å². The van der Waals surface area contributed by atoms with Crippen LogP contribution in [0.25, 0.3) is 0 Å². The minimum atomic E-state index is -0.356. The van der Waals surface area contributed by atoms with Crippen molar-refractivity contribution < 1.29 is 9.53 Å². The third kappa shape index (κ3) is 3.51. The van der Waals surface area contributed by atoms with Crippen LogP contribution in [0.2, 0.25) is 0 Å². The molecule has 1 aliphatic heterocycles. The first kappa shape index (κ1) is 15.3. The Balaban J connectivity index is 2.35. The van der Waals surface area contributed by atoms with Crippen molar-refractivity contribution >= 4 is 17.4 Å². The molecule has 0 fully saturated rings. The molecule has 1 aromatic carbocycles. The molecule has 1 heterocycles. The number of para-hydroxylation sites is 1. The van der Waals surface area contributed by atoms with E-state index >= 15 is 0 Å². The molecule has 21 heavy (non-hydrogen) atoms. The van der Waals surface area contributed by atoms with Gasteiger partial charge in [0.1, 0.15) is 5.71 Å². The number of ether oxygens (including phenoxy) is 1. The summed E-state index contributed by atoms with van der Waals surface area (Å²) in [4.78, 5) is 11.7. The lowest BCUT2D eigenvalue weighted by Crippen LogP contribution is -2.28. The lowest BCUT2D eigenvalue weighted by molar-refractivity contribution is -0.135. The molecule has 0 N–H and O–H groups in total. The van der Waals surface area contributed by atoms with Crippen LogP contribution in [0.4, 0.5) is 5.69 Å². The van der Waals surface area contributed by atoms with Crippen molar-refractivity contribution in [1.82, 2.24) is 0 Å². The van der Waals surface area contributed by atoms with E-state index in [9.17, 15) is 4.79 Å². The third-order valence-corrected chi connectivity index (χ3v) is 3.48. The molecule has 0 bridgehead atoms. The largest absolute Gasteiger partial charge is 0.461 e. The number of hydrogen-bond acceptors (Lipinski definition) is 4. The highest BCUT2D eigenvalue weighted by Gasteiger charge is 2.20. The molecule has 2 rings (SSSR count). The van der Waals surface area contributed by atoms with Gasteiger partial charge in [0.25, 0.3) is 0 Å². The second-order valence-electron chi connectivity index (χ2n) is 5.05. The SMILES string of the molecule is C=CCc1cccc2c1N(/N=C(\C)C(=O)OCC)CCC2. The van der Waals surface area contributed by atoms with Crippen molar-refractivity contribution in [1.29, 1.82) is 0 Å². The molecule has 0 aromatic heterocycles. The molecule has 0 spiro atoms. The van der Waals surface area contributed by atoms with Crippen LogP contribution in [0.5, 0.6) is 0 Å². The lowest BCUT2D eigenvalue weighted by atomic mass is 9.97. The predicted octanol–water partition coefficient (Wildman–Crippen LogP) is 3.11. The van der Waals surface area contributed by atoms with Crippen molar-refractivity contribution in [2.75, 3.05) is 18.2 Å². The van der Waals surface area contributed by atoms with Crippen LogP contribution in [-0.4, -0.2) is 24.8 Å². The molecule has 4 heteroatoms. The number of fused-ring (bicyclic) bond motifs is 1. The molecule has 0 saturated carbocycles. The maximum absolute atomic E-state index is 11.7. The van der Waals surface area contributed by atoms with Gasteiger partial charge in [-0.25, -0.2) is 4.79 Å². The Bertz CT molecular complexity index is 564. The molecular formula is C17H22N2O2. The number of aryl methyl sites for hydroxylation is 1. The molecular weight excluding hydrogens is 264 g/mol. The van der Waals surface area contributed by atoms with Crippen molar-refractivity contribution in [2.24, 2.45) is 5.10 Å². The highest BCUT2D eigenvalue weighted by molar-refractivity contribution is 6.35. The highest BCUT2D eigenvalue weighted by atomic mass is 16.5. The Kier molecular flexibility index (Phi) is 5.14. The standard InChI is InChI=1S/C17H22N2O2/c1-4-8-14-9-6-10-15-11-7-12-19(16(14)15)18-13(3)17(20)21-5-2/h4,6,9-10H,1,5,7-8,11-12H2,2-3H3/b18-13+. The van der Waals surface area contributed by atoms with Gasteiger partial charge < -0.3 is 4.74 Å². The van der Waals surface area contributed by atoms with Crippen molar-refractivity contribution in [3.8, 4) is 0 Å². The minimum absolute atomic E-state index is 0.356. The molecule has 112 valence electrons. The number of hydrazone groups is 1. The van der Waals surface area contributed by atoms with Gasteiger partial charge in [-0.15, -0.1) is 6.58 Å². The van der Waals surface area contributed by atoms with Crippen LogP contribution in [0.1, 0.15) is 31.4 Å². The molecule has 0 aliphatic carbocycles. The zero-order valence-corrected chi connectivity index (χ0v) is 12.8. The summed E-state index contributed by atoms with van der Waals surface area (Å²) in [7, 11) is 0. The summed E-state index contributed by atoms with van der Waals surface area (Å²) in [6.45, 7) is 8.49. The fourth-order valence-electron chi connectivity index (χ4n) is 2.59. The zero-order valence-electron chi connectivity index (χ0n) is 12.8. The second kappa shape index (κ2) is 7.07. The molecule has 0 radical (unpaired) electrons. The molecule has 4 nitrogen and oxygen atoms in total. The van der Waals surface area contributed by atoms with Crippen LogP contribution in [0.15, 0.2) is 36.0 Å². The molecule has 0 unspecified atom stereocenters. The van der Waals surface area contributed by atoms with E-state index in [2.05, 4.69) is 29.9 Å². The second-order valence-corrected chi connectivity index (χ2v) is 5.05. The monoisotopic (exact) mass is 286 g/mol. The third-order valence-electron chi connectivity index (χ3n) is 3.48. The number of carbonyl (C=O) groups is 1. The molecule has 0 amide bonds. The number of carbonyl (C=O) groups excluding carboxylic acids is 1. The topological polar surface area (TPSA) is 41.9 Å². The first-order chi connectivity index (χ1) is 10.2. The Labute approximate surface area is 126 Å². The summed E-state index contributed by atoms with van der Waals surface area (Å²) < 4.78 is 5.00. The summed E-state index contributed by atoms with van der Waals surface area (Å²) in [6.07, 6.45) is 4.77. The Hall–Kier alpha value is -2.10. The van der Waals surface area contributed by atoms with E-state index in [1.165, 1.54) is 11.1 Å². The van der Waals surface area contributed by atoms with Gasteiger partial charge in [-0.2, -0.15) is 5.10 Å². The minimum Gasteiger partial charge on any atom is -0.461 e. The van der Waals surface area contributed by atoms with E-state index in [-0.39, 0.29) is 5.97 Å². The number of rotatable bonds is 5. The van der Waals surface area contributed by atoms with Gasteiger partial charge in [0, 0.05) is 6.54 Å². The number of allylic oxidation sites excluding steroid dienone is 1. The maximum Gasteiger partial charge on any atom is 0.354 e. The molecule has 1 aromatic rings. The van der Waals surface area contributed by atoms with E-state index in [0.717, 1.165) is 31.5 Å². The summed E-state index contributed by atoms with van der Waals surface area (Å²) >= 11 is 0. The fourth-order valence-corrected chi connectivity index (χ4v) is 2.59. The molecule has 1 aliphatic rings. The van der Waals surface area contributed by atoms with Gasteiger partial charge >= 0.3 is 5.97 Å². The number of hydrogen-bond donors (Lipinski definition) is 0. The normalized spacial score (nSPS) is 14.6. The van der Waals surface area contributed by atoms with Gasteiger partial charge in [0.15, 0.2) is 0 Å². The first-order valence-corrected chi connectivity index (χ1v) is 7.39. The van der Waals surface area contributed by atoms with Crippen molar-refractivity contribution in [3.05, 3.63) is 42.0 Å². The summed E-state index contributed by atoms with van der Waals surface area (Å²) in [5, 5.41) is 6.41. The quantitative estimate of drug-likeness (QED) is 0.474. The van der Waals surface area contributed by atoms with E-state index < -0.39 is 0 Å². The Morgan fingerprint density at radius 2 is 2.33 bits per heavy atom. The van der Waals surface area contributed by atoms with Crippen LogP contribution in [0, 0.1) is 0 Å². The highest BCUT2D eigenvalue weighted by Crippen LogP contribution is 2.31. The number of anilines is 1. The number of benzene rings is 1. The van der Waals surface area contributed by atoms with Crippen LogP contribution >= 0.6 is 0 Å². The fraction of sp³-hybridized carbons (Fsp3) is 0.412. The number of nitrogens with zero attached hydrogens (tertiary/aromatic N) is 2. The van der Waals surface area contributed by atoms with Crippen LogP contribution < -0.4 is 5.01 Å². The maximum atomic E-state index is 11.7. The van der Waals surface area contributed by atoms with E-state index in [0.29, 0.717) is 12.3 Å². The first-order valence-electron chi connectivity index (χ1n) is 7.39. The Morgan fingerprint density at radius 1 is 1.52 bits per heavy atom. The predicted molar refractivity (Wildman–Crippen MR) is 85.8 cm³/mol. The van der Waals surface area contributed by atoms with E-state index in [1.54, 1.807) is 13.8 Å². The van der Waals surface area contributed by atoms with Crippen molar-refractivity contribution in [2.45, 2.75) is 33.1 Å². The summed E-state index contributed by atoms with van der Waals surface area (Å²) in [5.41, 5.74) is 3.98. The van der Waals surface area contributed by atoms with Gasteiger partial charge in [-0.1, -0.05) is 24.3 Å². The van der Waals surface area contributed by atoms with Gasteiger partial charge in [-0.3, -0.25) is 5.01 Å². The Morgan fingerprint density at radius 3 is 3.05 bits per heavy atom. The average Bonchev–Trinajstić information content (AvgIpc) is 2.48. The van der Waals surface area contributed by atoms with Crippen LogP contribution in [-0.2, 0) is 22.4 Å². The van der Waals surface area contributed by atoms with Gasteiger partial charge in [0.05, 0.1) is 12.3 Å². The van der Waals surface area contributed by atoms with Gasteiger partial charge in [0.2, 0.25) is 0 Å². The summed E-state index contributed by atoms with van der Waals surface area (Å²) in [6, 6.07) is 6.29. The lowest BCUT2D eigenvalue weighted by Gasteiger charge is -2.29. The smallest absolute Gasteiger partial charge is 0.354 e. The van der Waals surface area contributed by atoms with E-state index in [4.69, 9.17) is 4.74 Å². The molecule has 0 atom stereocenters. The average molecular weight is 286 g/mol. The zero-order chi connectivity index (χ0) is 15.2.